The zero-order chi connectivity index (χ0) is 19.4. The van der Waals surface area contributed by atoms with Crippen LogP contribution in [0.2, 0.25) is 0 Å². The molecule has 0 amide bonds. The minimum atomic E-state index is -4.89. The van der Waals surface area contributed by atoms with Gasteiger partial charge >= 0.3 is 12.4 Å². The molecule has 1 aliphatic heterocycles. The van der Waals surface area contributed by atoms with Crippen LogP contribution in [0.15, 0.2) is 42.5 Å². The molecule has 2 atom stereocenters. The largest absolute Gasteiger partial charge is 0.493 e. The summed E-state index contributed by atoms with van der Waals surface area (Å²) >= 11 is 0. The molecule has 1 fully saturated rings. The first-order chi connectivity index (χ1) is 12.6. The maximum Gasteiger partial charge on any atom is 0.416 e. The first-order valence-corrected chi connectivity index (χ1v) is 8.34. The smallest absolute Gasteiger partial charge is 0.416 e. The molecule has 4 rings (SSSR count). The standard InChI is InChI=1S/C19H15F6NO/c20-18(21,22)11-5-12(19(23,24)25)7-13(6-11)27-10-17-9-26-8-16(17)14-3-1-2-4-15(14)17/h1-7,16,26H,8-10H2/t16-,17-/m1/s1. The lowest BCUT2D eigenvalue weighted by Crippen LogP contribution is -2.48. The molecule has 2 nitrogen and oxygen atoms in total. The third-order valence-corrected chi connectivity index (χ3v) is 5.39. The topological polar surface area (TPSA) is 21.3 Å². The molecule has 0 saturated carbocycles. The first-order valence-electron chi connectivity index (χ1n) is 8.34. The van der Waals surface area contributed by atoms with Crippen molar-refractivity contribution in [2.24, 2.45) is 0 Å². The fourth-order valence-corrected chi connectivity index (χ4v) is 4.08. The van der Waals surface area contributed by atoms with E-state index in [-0.39, 0.29) is 18.6 Å². The predicted octanol–water partition coefficient (Wildman–Crippen LogP) is 4.74. The molecule has 144 valence electrons. The lowest BCUT2D eigenvalue weighted by atomic mass is 9.58. The summed E-state index contributed by atoms with van der Waals surface area (Å²) in [4.78, 5) is 0. The SMILES string of the molecule is FC(F)(F)c1cc(OC[C@@]23CNC[C@@H]2c2ccccc23)cc(C(F)(F)F)c1. The highest BCUT2D eigenvalue weighted by molar-refractivity contribution is 5.53. The summed E-state index contributed by atoms with van der Waals surface area (Å²) in [5.41, 5.74) is -1.00. The minimum absolute atomic E-state index is 0.0142. The van der Waals surface area contributed by atoms with Crippen molar-refractivity contribution in [3.05, 3.63) is 64.7 Å². The fourth-order valence-electron chi connectivity index (χ4n) is 4.08. The van der Waals surface area contributed by atoms with Crippen LogP contribution in [-0.4, -0.2) is 19.7 Å². The summed E-state index contributed by atoms with van der Waals surface area (Å²) in [6.07, 6.45) is -9.78. The van der Waals surface area contributed by atoms with Crippen LogP contribution >= 0.6 is 0 Å². The minimum Gasteiger partial charge on any atom is -0.493 e. The number of nitrogens with one attached hydrogen (secondary N) is 1. The molecule has 1 N–H and O–H groups in total. The summed E-state index contributed by atoms with van der Waals surface area (Å²) in [7, 11) is 0. The molecule has 1 heterocycles. The van der Waals surface area contributed by atoms with E-state index in [1.54, 1.807) is 0 Å². The third kappa shape index (κ3) is 2.96. The van der Waals surface area contributed by atoms with E-state index in [1.807, 2.05) is 24.3 Å². The maximum atomic E-state index is 13.0. The average molecular weight is 387 g/mol. The van der Waals surface area contributed by atoms with E-state index >= 15 is 0 Å². The quantitative estimate of drug-likeness (QED) is 0.768. The molecular weight excluding hydrogens is 372 g/mol. The van der Waals surface area contributed by atoms with E-state index in [2.05, 4.69) is 5.32 Å². The van der Waals surface area contributed by atoms with E-state index in [1.165, 1.54) is 0 Å². The molecule has 2 aliphatic rings. The Bertz CT molecular complexity index is 843. The van der Waals surface area contributed by atoms with Crippen molar-refractivity contribution in [1.82, 2.24) is 5.32 Å². The van der Waals surface area contributed by atoms with Gasteiger partial charge in [0, 0.05) is 19.0 Å². The lowest BCUT2D eigenvalue weighted by molar-refractivity contribution is -0.143. The summed E-state index contributed by atoms with van der Waals surface area (Å²) < 4.78 is 83.4. The Morgan fingerprint density at radius 1 is 0.963 bits per heavy atom. The molecule has 1 saturated heterocycles. The Kier molecular flexibility index (Phi) is 3.96. The van der Waals surface area contributed by atoms with Gasteiger partial charge in [0.2, 0.25) is 0 Å². The van der Waals surface area contributed by atoms with Crippen LogP contribution in [0.1, 0.15) is 28.2 Å². The van der Waals surface area contributed by atoms with Gasteiger partial charge in [-0.05, 0) is 29.3 Å². The molecule has 0 bridgehead atoms. The molecule has 0 radical (unpaired) electrons. The summed E-state index contributed by atoms with van der Waals surface area (Å²) in [5.74, 6) is -0.289. The van der Waals surface area contributed by atoms with Gasteiger partial charge in [-0.3, -0.25) is 0 Å². The first kappa shape index (κ1) is 18.2. The summed E-state index contributed by atoms with van der Waals surface area (Å²) in [6.45, 7) is 1.29. The van der Waals surface area contributed by atoms with Crippen LogP contribution in [0.25, 0.3) is 0 Å². The molecule has 27 heavy (non-hydrogen) atoms. The van der Waals surface area contributed by atoms with Crippen LogP contribution < -0.4 is 10.1 Å². The molecule has 2 aromatic rings. The molecule has 8 heteroatoms. The number of fused-ring (bicyclic) bond motifs is 4. The summed E-state index contributed by atoms with van der Waals surface area (Å²) in [6, 6.07) is 9.02. The molecular formula is C19H15F6NO. The van der Waals surface area contributed by atoms with Crippen LogP contribution in [0.5, 0.6) is 5.75 Å². The molecule has 2 aromatic carbocycles. The van der Waals surface area contributed by atoms with Gasteiger partial charge in [0.1, 0.15) is 5.75 Å². The monoisotopic (exact) mass is 387 g/mol. The second-order valence-corrected chi connectivity index (χ2v) is 6.96. The second-order valence-electron chi connectivity index (χ2n) is 6.96. The van der Waals surface area contributed by atoms with E-state index in [9.17, 15) is 26.3 Å². The Hall–Kier alpha value is -2.22. The highest BCUT2D eigenvalue weighted by atomic mass is 19.4. The number of benzene rings is 2. The van der Waals surface area contributed by atoms with Crippen molar-refractivity contribution in [2.75, 3.05) is 19.7 Å². The van der Waals surface area contributed by atoms with Crippen LogP contribution in [0.3, 0.4) is 0 Å². The second kappa shape index (κ2) is 5.89. The fraction of sp³-hybridized carbons (Fsp3) is 0.368. The van der Waals surface area contributed by atoms with Gasteiger partial charge in [-0.2, -0.15) is 26.3 Å². The van der Waals surface area contributed by atoms with E-state index in [0.717, 1.165) is 11.1 Å². The van der Waals surface area contributed by atoms with Crippen molar-refractivity contribution in [1.29, 1.82) is 0 Å². The van der Waals surface area contributed by atoms with Gasteiger partial charge in [0.25, 0.3) is 0 Å². The Labute approximate surface area is 151 Å². The third-order valence-electron chi connectivity index (χ3n) is 5.39. The number of alkyl halides is 6. The van der Waals surface area contributed by atoms with Gasteiger partial charge in [-0.25, -0.2) is 0 Å². The van der Waals surface area contributed by atoms with Crippen molar-refractivity contribution in [3.8, 4) is 5.75 Å². The van der Waals surface area contributed by atoms with E-state index in [0.29, 0.717) is 25.2 Å². The Morgan fingerprint density at radius 3 is 2.22 bits per heavy atom. The number of halogens is 6. The number of ether oxygens (including phenoxy) is 1. The van der Waals surface area contributed by atoms with Crippen molar-refractivity contribution in [3.63, 3.8) is 0 Å². The number of hydrogen-bond acceptors (Lipinski definition) is 2. The Morgan fingerprint density at radius 2 is 1.59 bits per heavy atom. The van der Waals surface area contributed by atoms with Crippen molar-refractivity contribution < 1.29 is 31.1 Å². The van der Waals surface area contributed by atoms with Crippen LogP contribution in [0, 0.1) is 0 Å². The predicted molar refractivity (Wildman–Crippen MR) is 85.7 cm³/mol. The molecule has 1 aliphatic carbocycles. The number of rotatable bonds is 3. The number of hydrogen-bond donors (Lipinski definition) is 1. The van der Waals surface area contributed by atoms with E-state index < -0.39 is 34.6 Å². The average Bonchev–Trinajstić information content (AvgIpc) is 2.96. The summed E-state index contributed by atoms with van der Waals surface area (Å²) in [5, 5.41) is 3.24. The highest BCUT2D eigenvalue weighted by Gasteiger charge is 2.55. The van der Waals surface area contributed by atoms with Gasteiger partial charge in [0.15, 0.2) is 0 Å². The molecule has 0 aromatic heterocycles. The zero-order valence-corrected chi connectivity index (χ0v) is 13.9. The van der Waals surface area contributed by atoms with E-state index in [4.69, 9.17) is 4.74 Å². The van der Waals surface area contributed by atoms with Gasteiger partial charge < -0.3 is 10.1 Å². The van der Waals surface area contributed by atoms with Crippen LogP contribution in [-0.2, 0) is 17.8 Å². The van der Waals surface area contributed by atoms with Gasteiger partial charge in [0.05, 0.1) is 23.1 Å². The molecule has 0 spiro atoms. The van der Waals surface area contributed by atoms with Crippen molar-refractivity contribution >= 4 is 0 Å². The Balaban J connectivity index is 1.64. The van der Waals surface area contributed by atoms with Crippen molar-refractivity contribution in [2.45, 2.75) is 23.7 Å². The maximum absolute atomic E-state index is 13.0. The highest BCUT2D eigenvalue weighted by Crippen LogP contribution is 2.54. The lowest BCUT2D eigenvalue weighted by Gasteiger charge is -2.46. The molecule has 0 unspecified atom stereocenters. The van der Waals surface area contributed by atoms with Gasteiger partial charge in [-0.1, -0.05) is 24.3 Å². The van der Waals surface area contributed by atoms with Gasteiger partial charge in [-0.15, -0.1) is 0 Å². The van der Waals surface area contributed by atoms with Crippen LogP contribution in [0.4, 0.5) is 26.3 Å². The zero-order valence-electron chi connectivity index (χ0n) is 13.9. The normalized spacial score (nSPS) is 24.1.